The zero-order chi connectivity index (χ0) is 13.8. The number of hydrogen-bond acceptors (Lipinski definition) is 2. The van der Waals surface area contributed by atoms with Crippen molar-refractivity contribution in [3.05, 3.63) is 65.5 Å². The molecule has 2 aromatic rings. The van der Waals surface area contributed by atoms with E-state index in [0.717, 1.165) is 11.6 Å². The Bertz CT molecular complexity index is 587. The van der Waals surface area contributed by atoms with Gasteiger partial charge in [-0.2, -0.15) is 0 Å². The number of amides is 1. The summed E-state index contributed by atoms with van der Waals surface area (Å²) in [5, 5.41) is 0. The minimum absolute atomic E-state index is 0.267. The number of nitrogens with zero attached hydrogens (tertiary/aromatic N) is 2. The molecule has 0 saturated carbocycles. The number of rotatable bonds is 3. The van der Waals surface area contributed by atoms with Crippen molar-refractivity contribution in [1.29, 1.82) is 0 Å². The number of hydrogen-bond donors (Lipinski definition) is 0. The van der Waals surface area contributed by atoms with Gasteiger partial charge in [0.15, 0.2) is 11.6 Å². The lowest BCUT2D eigenvalue weighted by molar-refractivity contribution is 0.0779. The molecule has 1 aromatic heterocycles. The van der Waals surface area contributed by atoms with Gasteiger partial charge in [-0.3, -0.25) is 9.78 Å². The normalized spacial score (nSPS) is 10.3. The smallest absolute Gasteiger partial charge is 0.256 e. The van der Waals surface area contributed by atoms with Crippen LogP contribution in [0, 0.1) is 11.6 Å². The first kappa shape index (κ1) is 13.1. The Morgan fingerprint density at radius 1 is 1.21 bits per heavy atom. The molecule has 0 fully saturated rings. The molecular formula is C14H12F2N2O. The van der Waals surface area contributed by atoms with Crippen LogP contribution in [0.3, 0.4) is 0 Å². The molecule has 2 rings (SSSR count). The molecule has 0 atom stereocenters. The fourth-order valence-corrected chi connectivity index (χ4v) is 1.71. The Morgan fingerprint density at radius 2 is 1.89 bits per heavy atom. The summed E-state index contributed by atoms with van der Waals surface area (Å²) in [5.74, 6) is -2.70. The summed E-state index contributed by atoms with van der Waals surface area (Å²) in [6.07, 6.45) is 3.22. The zero-order valence-corrected chi connectivity index (χ0v) is 10.3. The van der Waals surface area contributed by atoms with Gasteiger partial charge in [0.2, 0.25) is 0 Å². The number of carbonyl (C=O) groups excluding carboxylic acids is 1. The maximum absolute atomic E-state index is 13.5. The lowest BCUT2D eigenvalue weighted by Gasteiger charge is -2.17. The lowest BCUT2D eigenvalue weighted by Crippen LogP contribution is -2.27. The molecule has 1 amide bonds. The Hall–Kier alpha value is -2.30. The van der Waals surface area contributed by atoms with E-state index in [9.17, 15) is 13.6 Å². The summed E-state index contributed by atoms with van der Waals surface area (Å²) in [6, 6.07) is 7.07. The minimum atomic E-state index is -1.12. The van der Waals surface area contributed by atoms with Gasteiger partial charge in [-0.1, -0.05) is 6.07 Å². The molecule has 1 aromatic carbocycles. The molecule has 98 valence electrons. The van der Waals surface area contributed by atoms with Crippen molar-refractivity contribution in [1.82, 2.24) is 9.88 Å². The number of aromatic nitrogens is 1. The van der Waals surface area contributed by atoms with Gasteiger partial charge in [0, 0.05) is 26.0 Å². The maximum atomic E-state index is 13.5. The van der Waals surface area contributed by atoms with Crippen molar-refractivity contribution in [2.45, 2.75) is 6.54 Å². The van der Waals surface area contributed by atoms with Crippen molar-refractivity contribution in [2.24, 2.45) is 0 Å². The highest BCUT2D eigenvalue weighted by Gasteiger charge is 2.18. The predicted molar refractivity (Wildman–Crippen MR) is 66.4 cm³/mol. The molecule has 0 bridgehead atoms. The average Bonchev–Trinajstić information content (AvgIpc) is 2.42. The first-order valence-corrected chi connectivity index (χ1v) is 5.68. The summed E-state index contributed by atoms with van der Waals surface area (Å²) in [4.78, 5) is 17.2. The monoisotopic (exact) mass is 262 g/mol. The van der Waals surface area contributed by atoms with Crippen LogP contribution >= 0.6 is 0 Å². The Balaban J connectivity index is 2.18. The molecule has 0 N–H and O–H groups in total. The van der Waals surface area contributed by atoms with Gasteiger partial charge in [0.05, 0.1) is 5.56 Å². The van der Waals surface area contributed by atoms with Gasteiger partial charge >= 0.3 is 0 Å². The lowest BCUT2D eigenvalue weighted by atomic mass is 10.1. The maximum Gasteiger partial charge on any atom is 0.256 e. The molecular weight excluding hydrogens is 250 g/mol. The second-order valence-electron chi connectivity index (χ2n) is 4.12. The summed E-state index contributed by atoms with van der Waals surface area (Å²) in [5.41, 5.74) is 0.596. The number of benzene rings is 1. The topological polar surface area (TPSA) is 33.2 Å². The Morgan fingerprint density at radius 3 is 2.58 bits per heavy atom. The molecule has 0 aliphatic rings. The third kappa shape index (κ3) is 2.93. The van der Waals surface area contributed by atoms with Gasteiger partial charge in [-0.15, -0.1) is 0 Å². The highest BCUT2D eigenvalue weighted by atomic mass is 19.2. The molecule has 19 heavy (non-hydrogen) atoms. The van der Waals surface area contributed by atoms with Crippen molar-refractivity contribution in [3.8, 4) is 0 Å². The Labute approximate surface area is 109 Å². The van der Waals surface area contributed by atoms with E-state index < -0.39 is 17.5 Å². The molecule has 0 spiro atoms. The van der Waals surface area contributed by atoms with Crippen LogP contribution in [0.15, 0.2) is 42.7 Å². The van der Waals surface area contributed by atoms with E-state index in [1.54, 1.807) is 24.5 Å². The molecule has 5 heteroatoms. The molecule has 3 nitrogen and oxygen atoms in total. The Kier molecular flexibility index (Phi) is 3.85. The molecule has 1 heterocycles. The van der Waals surface area contributed by atoms with E-state index in [4.69, 9.17) is 0 Å². The van der Waals surface area contributed by atoms with Crippen LogP contribution < -0.4 is 0 Å². The van der Waals surface area contributed by atoms with Crippen molar-refractivity contribution in [3.63, 3.8) is 0 Å². The van der Waals surface area contributed by atoms with Crippen LogP contribution in [0.1, 0.15) is 15.9 Å². The quantitative estimate of drug-likeness (QED) is 0.852. The highest BCUT2D eigenvalue weighted by molar-refractivity contribution is 5.94. The zero-order valence-electron chi connectivity index (χ0n) is 10.3. The molecule has 0 aliphatic carbocycles. The van der Waals surface area contributed by atoms with Crippen LogP contribution in [0.5, 0.6) is 0 Å². The highest BCUT2D eigenvalue weighted by Crippen LogP contribution is 2.14. The average molecular weight is 262 g/mol. The van der Waals surface area contributed by atoms with E-state index in [1.807, 2.05) is 0 Å². The van der Waals surface area contributed by atoms with Crippen LogP contribution in [-0.2, 0) is 6.54 Å². The third-order valence-corrected chi connectivity index (χ3v) is 2.70. The second kappa shape index (κ2) is 5.56. The van der Waals surface area contributed by atoms with Gasteiger partial charge < -0.3 is 4.90 Å². The summed E-state index contributed by atoms with van der Waals surface area (Å²) in [6.45, 7) is 0.303. The molecule has 0 radical (unpaired) electrons. The number of pyridine rings is 1. The summed E-state index contributed by atoms with van der Waals surface area (Å²) in [7, 11) is 1.53. The van der Waals surface area contributed by atoms with Crippen LogP contribution in [0.25, 0.3) is 0 Å². The van der Waals surface area contributed by atoms with E-state index in [0.29, 0.717) is 6.54 Å². The van der Waals surface area contributed by atoms with Crippen molar-refractivity contribution >= 4 is 5.91 Å². The second-order valence-corrected chi connectivity index (χ2v) is 4.12. The van der Waals surface area contributed by atoms with Crippen LogP contribution in [-0.4, -0.2) is 22.8 Å². The van der Waals surface area contributed by atoms with Gasteiger partial charge in [0.1, 0.15) is 0 Å². The number of carbonyl (C=O) groups is 1. The number of halogens is 2. The van der Waals surface area contributed by atoms with Gasteiger partial charge in [-0.05, 0) is 29.8 Å². The van der Waals surface area contributed by atoms with Crippen LogP contribution in [0.2, 0.25) is 0 Å². The van der Waals surface area contributed by atoms with Gasteiger partial charge in [0.25, 0.3) is 5.91 Å². The third-order valence-electron chi connectivity index (χ3n) is 2.70. The summed E-state index contributed by atoms with van der Waals surface area (Å²) >= 11 is 0. The molecule has 0 aliphatic heterocycles. The molecule has 0 unspecified atom stereocenters. The van der Waals surface area contributed by atoms with E-state index >= 15 is 0 Å². The van der Waals surface area contributed by atoms with Crippen molar-refractivity contribution in [2.75, 3.05) is 7.05 Å². The fraction of sp³-hybridized carbons (Fsp3) is 0.143. The summed E-state index contributed by atoms with van der Waals surface area (Å²) < 4.78 is 26.6. The fourth-order valence-electron chi connectivity index (χ4n) is 1.71. The molecule has 0 saturated heterocycles. The predicted octanol–water partition coefficient (Wildman–Crippen LogP) is 2.63. The minimum Gasteiger partial charge on any atom is -0.337 e. The first-order valence-electron chi connectivity index (χ1n) is 5.68. The van der Waals surface area contributed by atoms with Gasteiger partial charge in [-0.25, -0.2) is 8.78 Å². The first-order chi connectivity index (χ1) is 9.09. The van der Waals surface area contributed by atoms with Crippen LogP contribution in [0.4, 0.5) is 8.78 Å². The van der Waals surface area contributed by atoms with E-state index in [2.05, 4.69) is 4.98 Å². The van der Waals surface area contributed by atoms with Crippen molar-refractivity contribution < 1.29 is 13.6 Å². The largest absolute Gasteiger partial charge is 0.337 e. The standard InChI is InChI=1S/C14H12F2N2O/c1-18(9-10-5-7-17-8-6-10)14(19)11-3-2-4-12(15)13(11)16/h2-8H,9H2,1H3. The van der Waals surface area contributed by atoms with E-state index in [-0.39, 0.29) is 5.56 Å². The van der Waals surface area contributed by atoms with E-state index in [1.165, 1.54) is 24.1 Å². The SMILES string of the molecule is CN(Cc1ccncc1)C(=O)c1cccc(F)c1F.